The van der Waals surface area contributed by atoms with Crippen molar-refractivity contribution in [2.24, 2.45) is 0 Å². The van der Waals surface area contributed by atoms with Crippen LogP contribution in [0.2, 0.25) is 0 Å². The Morgan fingerprint density at radius 3 is 2.44 bits per heavy atom. The molecule has 0 radical (unpaired) electrons. The summed E-state index contributed by atoms with van der Waals surface area (Å²) < 4.78 is 6.02. The summed E-state index contributed by atoms with van der Waals surface area (Å²) in [6.45, 7) is 6.68. The maximum absolute atomic E-state index is 7.57. The maximum atomic E-state index is 7.57. The van der Waals surface area contributed by atoms with Gasteiger partial charge < -0.3 is 14.7 Å². The van der Waals surface area contributed by atoms with Crippen molar-refractivity contribution in [2.45, 2.75) is 38.7 Å². The Labute approximate surface area is 110 Å². The average Bonchev–Trinajstić information content (AvgIpc) is 2.93. The van der Waals surface area contributed by atoms with E-state index in [1.165, 1.54) is 50.2 Å². The van der Waals surface area contributed by atoms with Gasteiger partial charge in [0.1, 0.15) is 6.10 Å². The van der Waals surface area contributed by atoms with Crippen molar-refractivity contribution in [1.82, 2.24) is 9.80 Å². The quantitative estimate of drug-likeness (QED) is 0.808. The van der Waals surface area contributed by atoms with Crippen molar-refractivity contribution in [1.29, 1.82) is 0 Å². The molecule has 0 aromatic carbocycles. The number of hydrogen-bond donors (Lipinski definition) is 1. The first-order valence-corrected chi connectivity index (χ1v) is 7.17. The van der Waals surface area contributed by atoms with E-state index in [0.717, 1.165) is 13.1 Å². The van der Waals surface area contributed by atoms with Gasteiger partial charge in [-0.2, -0.15) is 0 Å². The Morgan fingerprint density at radius 2 is 1.89 bits per heavy atom. The van der Waals surface area contributed by atoms with Gasteiger partial charge in [-0.1, -0.05) is 0 Å². The molecule has 0 unspecified atom stereocenters. The van der Waals surface area contributed by atoms with Crippen molar-refractivity contribution in [3.8, 4) is 0 Å². The third-order valence-electron chi connectivity index (χ3n) is 3.57. The molecule has 0 aromatic rings. The molecule has 2 heterocycles. The fourth-order valence-electron chi connectivity index (χ4n) is 2.65. The van der Waals surface area contributed by atoms with E-state index < -0.39 is 0 Å². The van der Waals surface area contributed by atoms with Gasteiger partial charge in [-0.25, -0.2) is 0 Å². The summed E-state index contributed by atoms with van der Waals surface area (Å²) in [5.74, 6) is 1.19. The monoisotopic (exact) mass is 254 g/mol. The van der Waals surface area contributed by atoms with E-state index in [-0.39, 0.29) is 6.61 Å². The van der Waals surface area contributed by atoms with Crippen molar-refractivity contribution in [3.05, 3.63) is 11.5 Å². The topological polar surface area (TPSA) is 35.9 Å². The maximum Gasteiger partial charge on any atom is 0.188 e. The van der Waals surface area contributed by atoms with Crippen LogP contribution in [0.25, 0.3) is 0 Å². The van der Waals surface area contributed by atoms with Crippen LogP contribution in [0.3, 0.4) is 0 Å². The van der Waals surface area contributed by atoms with Crippen LogP contribution in [0.4, 0.5) is 0 Å². The molecule has 1 atom stereocenters. The van der Waals surface area contributed by atoms with Gasteiger partial charge in [-0.3, -0.25) is 4.90 Å². The number of likely N-dealkylation sites (tertiary alicyclic amines) is 1. The third kappa shape index (κ3) is 3.62. The molecule has 0 bridgehead atoms. The summed E-state index contributed by atoms with van der Waals surface area (Å²) in [4.78, 5) is 4.84. The molecule has 1 saturated carbocycles. The largest absolute Gasteiger partial charge is 0.473 e. The molecule has 104 valence electrons. The number of aliphatic hydroxyl groups excluding tert-OH is 1. The lowest BCUT2D eigenvalue weighted by atomic mass is 10.3. The molecule has 2 aliphatic heterocycles. The van der Waals surface area contributed by atoms with E-state index in [9.17, 15) is 0 Å². The number of allylic oxidation sites excluding steroid dienone is 1. The molecule has 4 nitrogen and oxygen atoms in total. The molecule has 18 heavy (non-hydrogen) atoms. The fourth-order valence-corrected chi connectivity index (χ4v) is 2.65. The molecule has 0 spiro atoms. The molecule has 0 amide bonds. The lowest BCUT2D eigenvalue weighted by Crippen LogP contribution is -2.32. The lowest BCUT2D eigenvalue weighted by molar-refractivity contribution is 0.122. The van der Waals surface area contributed by atoms with Gasteiger partial charge in [0.15, 0.2) is 5.88 Å². The van der Waals surface area contributed by atoms with Crippen LogP contribution in [0.5, 0.6) is 0 Å². The number of ether oxygens (including phenoxy) is 1. The highest BCUT2D eigenvalue weighted by atomic mass is 16.5. The number of hydrogen-bond acceptors (Lipinski definition) is 4. The summed E-state index contributed by atoms with van der Waals surface area (Å²) in [6.07, 6.45) is 5.68. The standard InChI is InChI=1S/C12H20N2O.C2H6O/c1-13-8-11(9-14-6-2-3-7-14)15-12(13)10-4-5-10;1-2-3/h11H,2-9H2,1H3;3H,2H2,1H3/t11-;/m1./s1. The molecule has 3 rings (SSSR count). The van der Waals surface area contributed by atoms with Gasteiger partial charge in [-0.15, -0.1) is 0 Å². The van der Waals surface area contributed by atoms with E-state index in [2.05, 4.69) is 16.8 Å². The first-order chi connectivity index (χ1) is 8.74. The Hall–Kier alpha value is -0.740. The van der Waals surface area contributed by atoms with Gasteiger partial charge in [0.25, 0.3) is 0 Å². The molecule has 3 aliphatic rings. The predicted molar refractivity (Wildman–Crippen MR) is 72.2 cm³/mol. The smallest absolute Gasteiger partial charge is 0.188 e. The summed E-state index contributed by atoms with van der Waals surface area (Å²) in [5, 5.41) is 7.57. The van der Waals surface area contributed by atoms with Gasteiger partial charge in [0, 0.05) is 20.2 Å². The molecule has 1 aliphatic carbocycles. The van der Waals surface area contributed by atoms with Crippen LogP contribution < -0.4 is 0 Å². The summed E-state index contributed by atoms with van der Waals surface area (Å²) in [5.41, 5.74) is 1.53. The highest BCUT2D eigenvalue weighted by Gasteiger charge is 2.32. The minimum absolute atomic E-state index is 0.250. The van der Waals surface area contributed by atoms with Gasteiger partial charge in [-0.05, 0) is 51.3 Å². The van der Waals surface area contributed by atoms with Crippen molar-refractivity contribution in [3.63, 3.8) is 0 Å². The second kappa shape index (κ2) is 6.43. The van der Waals surface area contributed by atoms with Crippen LogP contribution in [0.1, 0.15) is 32.6 Å². The second-order valence-electron chi connectivity index (χ2n) is 5.35. The minimum atomic E-state index is 0.250. The number of aliphatic hydroxyl groups is 1. The third-order valence-corrected chi connectivity index (χ3v) is 3.57. The highest BCUT2D eigenvalue weighted by Crippen LogP contribution is 2.36. The van der Waals surface area contributed by atoms with Gasteiger partial charge >= 0.3 is 0 Å². The Balaban J connectivity index is 0.000000367. The molecular weight excluding hydrogens is 228 g/mol. The zero-order valence-electron chi connectivity index (χ0n) is 11.7. The van der Waals surface area contributed by atoms with Crippen LogP contribution >= 0.6 is 0 Å². The first-order valence-electron chi connectivity index (χ1n) is 7.17. The first kappa shape index (κ1) is 13.7. The molecule has 1 N–H and O–H groups in total. The average molecular weight is 254 g/mol. The Kier molecular flexibility index (Phi) is 4.89. The van der Waals surface area contributed by atoms with Crippen LogP contribution in [-0.4, -0.2) is 60.8 Å². The normalized spacial score (nSPS) is 27.1. The van der Waals surface area contributed by atoms with E-state index in [1.54, 1.807) is 6.92 Å². The van der Waals surface area contributed by atoms with E-state index >= 15 is 0 Å². The van der Waals surface area contributed by atoms with Gasteiger partial charge in [0.05, 0.1) is 6.54 Å². The Bertz CT molecular complexity index is 292. The SMILES string of the molecule is CCO.CN1C[C@H](CN2CCCC2)OC1=C1CC1. The molecule has 2 saturated heterocycles. The number of rotatable bonds is 2. The molecular formula is C14H26N2O2. The summed E-state index contributed by atoms with van der Waals surface area (Å²) >= 11 is 0. The Morgan fingerprint density at radius 1 is 1.28 bits per heavy atom. The van der Waals surface area contributed by atoms with E-state index in [0.29, 0.717) is 6.10 Å². The minimum Gasteiger partial charge on any atom is -0.473 e. The molecule has 3 fully saturated rings. The van der Waals surface area contributed by atoms with Crippen molar-refractivity contribution < 1.29 is 9.84 Å². The van der Waals surface area contributed by atoms with E-state index in [4.69, 9.17) is 9.84 Å². The zero-order valence-corrected chi connectivity index (χ0v) is 11.7. The fraction of sp³-hybridized carbons (Fsp3) is 0.857. The lowest BCUT2D eigenvalue weighted by Gasteiger charge is -2.18. The molecule has 4 heteroatoms. The van der Waals surface area contributed by atoms with Crippen molar-refractivity contribution in [2.75, 3.05) is 39.8 Å². The summed E-state index contributed by atoms with van der Waals surface area (Å²) in [7, 11) is 2.16. The van der Waals surface area contributed by atoms with Crippen molar-refractivity contribution >= 4 is 0 Å². The highest BCUT2D eigenvalue weighted by molar-refractivity contribution is 5.22. The zero-order chi connectivity index (χ0) is 13.0. The molecule has 0 aromatic heterocycles. The van der Waals surface area contributed by atoms with Gasteiger partial charge in [0.2, 0.25) is 0 Å². The second-order valence-corrected chi connectivity index (χ2v) is 5.35. The summed E-state index contributed by atoms with van der Waals surface area (Å²) in [6, 6.07) is 0. The van der Waals surface area contributed by atoms with E-state index in [1.807, 2.05) is 0 Å². The van der Waals surface area contributed by atoms with Crippen LogP contribution in [0, 0.1) is 0 Å². The predicted octanol–water partition coefficient (Wildman–Crippen LogP) is 1.42. The van der Waals surface area contributed by atoms with Crippen LogP contribution in [-0.2, 0) is 4.74 Å². The number of likely N-dealkylation sites (N-methyl/N-ethyl adjacent to an activating group) is 1. The number of nitrogens with zero attached hydrogens (tertiary/aromatic N) is 2. The van der Waals surface area contributed by atoms with Crippen LogP contribution in [0.15, 0.2) is 11.5 Å².